The Balaban J connectivity index is 0.00000289. The van der Waals surface area contributed by atoms with Crippen LogP contribution in [0.4, 0.5) is 28.4 Å². The summed E-state index contributed by atoms with van der Waals surface area (Å²) < 4.78 is 2.00. The minimum Gasteiger partial charge on any atom is -0.504 e. The maximum absolute atomic E-state index is 4.80. The standard InChI is InChI=1S/C37H27BN5.Pt/c1-24-20-25(2)43(39-24)27-17-19-31-29-11-5-7-13-33(29)38-32-12-6-4-10-28(32)30-18-16-26(21-36(30)42(38)37(31)22-27)41-23-40(3)34-14-8-9-15-35(34)41;/h4-20,23H,1-3H3;/q-3;. The third-order valence-electron chi connectivity index (χ3n) is 8.96. The largest absolute Gasteiger partial charge is 0.504 e. The number of fused-ring (bicyclic) bond motifs is 12. The molecule has 44 heavy (non-hydrogen) atoms. The van der Waals surface area contributed by atoms with Crippen LogP contribution in [0.5, 0.6) is 0 Å². The first kappa shape index (κ1) is 27.0. The molecule has 6 aromatic rings. The average molecular weight is 748 g/mol. The fourth-order valence-corrected chi connectivity index (χ4v) is 7.13. The minimum atomic E-state index is -0.0108. The van der Waals surface area contributed by atoms with Crippen LogP contribution in [0.25, 0.3) is 27.9 Å². The molecule has 5 aromatic carbocycles. The quantitative estimate of drug-likeness (QED) is 0.146. The second-order valence-corrected chi connectivity index (χ2v) is 11.6. The fourth-order valence-electron chi connectivity index (χ4n) is 7.13. The van der Waals surface area contributed by atoms with Crippen molar-refractivity contribution in [3.63, 3.8) is 0 Å². The molecule has 0 saturated carbocycles. The zero-order valence-corrected chi connectivity index (χ0v) is 26.8. The number of aryl methyl sites for hydroxylation is 2. The van der Waals surface area contributed by atoms with Crippen LogP contribution in [0.1, 0.15) is 11.4 Å². The number of aromatic nitrogens is 2. The average Bonchev–Trinajstić information content (AvgIpc) is 3.57. The Hall–Kier alpha value is -4.54. The van der Waals surface area contributed by atoms with E-state index in [2.05, 4.69) is 151 Å². The van der Waals surface area contributed by atoms with Crippen molar-refractivity contribution in [1.82, 2.24) is 9.78 Å². The molecular formula is C37H27BN5Pt-3. The molecule has 0 spiro atoms. The van der Waals surface area contributed by atoms with Crippen molar-refractivity contribution in [1.29, 1.82) is 0 Å². The first-order chi connectivity index (χ1) is 21.1. The predicted octanol–water partition coefficient (Wildman–Crippen LogP) is 6.70. The first-order valence-corrected chi connectivity index (χ1v) is 14.7. The van der Waals surface area contributed by atoms with Gasteiger partial charge in [0.25, 0.3) is 0 Å². The van der Waals surface area contributed by atoms with Gasteiger partial charge >= 0.3 is 6.85 Å². The molecule has 0 amide bonds. The summed E-state index contributed by atoms with van der Waals surface area (Å²) in [5.74, 6) is 0. The molecule has 1 aromatic heterocycles. The number of hydrogen-bond donors (Lipinski definition) is 0. The Morgan fingerprint density at radius 3 is 1.86 bits per heavy atom. The molecule has 3 aliphatic heterocycles. The summed E-state index contributed by atoms with van der Waals surface area (Å²) in [6.07, 6.45) is 0. The van der Waals surface area contributed by atoms with Gasteiger partial charge in [-0.05, 0) is 44.8 Å². The van der Waals surface area contributed by atoms with Gasteiger partial charge in [0.1, 0.15) is 0 Å². The van der Waals surface area contributed by atoms with E-state index in [1.807, 2.05) is 11.6 Å². The second kappa shape index (κ2) is 10.0. The van der Waals surface area contributed by atoms with Gasteiger partial charge in [-0.1, -0.05) is 94.1 Å². The second-order valence-electron chi connectivity index (χ2n) is 11.6. The molecule has 0 radical (unpaired) electrons. The Morgan fingerprint density at radius 1 is 0.659 bits per heavy atom. The maximum Gasteiger partial charge on any atom is 0.324 e. The molecule has 0 unspecified atom stereocenters. The third-order valence-corrected chi connectivity index (χ3v) is 8.96. The van der Waals surface area contributed by atoms with E-state index >= 15 is 0 Å². The van der Waals surface area contributed by atoms with Crippen molar-refractivity contribution in [2.45, 2.75) is 13.8 Å². The van der Waals surface area contributed by atoms with Crippen molar-refractivity contribution in [3.8, 4) is 27.9 Å². The van der Waals surface area contributed by atoms with E-state index in [-0.39, 0.29) is 27.9 Å². The number of rotatable bonds is 2. The van der Waals surface area contributed by atoms with Crippen LogP contribution in [-0.4, -0.2) is 23.7 Å². The van der Waals surface area contributed by atoms with Gasteiger partial charge in [0.05, 0.1) is 5.69 Å². The molecule has 0 saturated heterocycles. The number of benzene rings is 5. The van der Waals surface area contributed by atoms with Crippen molar-refractivity contribution in [2.75, 3.05) is 21.7 Å². The van der Waals surface area contributed by atoms with Gasteiger partial charge in [0.15, 0.2) is 0 Å². The topological polar surface area (TPSA) is 27.5 Å². The summed E-state index contributed by atoms with van der Waals surface area (Å²) in [6, 6.07) is 44.8. The number of hydrogen-bond acceptors (Lipinski definition) is 4. The van der Waals surface area contributed by atoms with Gasteiger partial charge in [-0.15, -0.1) is 41.1 Å². The number of para-hydroxylation sites is 2. The molecule has 0 fully saturated rings. The molecule has 7 heteroatoms. The SMILES string of the molecule is Cc1cc(C)n(-c2[c-]c3c(cc2)-c2ccccc2B2c4ccccc4-c4ccc(N5[CH-]N(C)c6ccccc65)[c-]c4N23)n1.[Pt]. The maximum atomic E-state index is 4.80. The fraction of sp³-hybridized carbons (Fsp3) is 0.0811. The zero-order valence-electron chi connectivity index (χ0n) is 24.5. The smallest absolute Gasteiger partial charge is 0.324 e. The van der Waals surface area contributed by atoms with Crippen LogP contribution >= 0.6 is 0 Å². The van der Waals surface area contributed by atoms with Crippen molar-refractivity contribution in [2.24, 2.45) is 0 Å². The summed E-state index contributed by atoms with van der Waals surface area (Å²) in [7, 11) is 2.09. The van der Waals surface area contributed by atoms with E-state index < -0.39 is 0 Å². The Labute approximate surface area is 272 Å². The van der Waals surface area contributed by atoms with Gasteiger partial charge in [0.2, 0.25) is 0 Å². The van der Waals surface area contributed by atoms with Crippen LogP contribution in [0, 0.1) is 32.6 Å². The van der Waals surface area contributed by atoms with Gasteiger partial charge in [-0.2, -0.15) is 23.9 Å². The van der Waals surface area contributed by atoms with Crippen molar-refractivity contribution >= 4 is 46.2 Å². The predicted molar refractivity (Wildman–Crippen MR) is 176 cm³/mol. The molecule has 9 rings (SSSR count). The molecule has 4 heterocycles. The summed E-state index contributed by atoms with van der Waals surface area (Å²) in [5, 5.41) is 4.80. The van der Waals surface area contributed by atoms with Crippen LogP contribution in [0.2, 0.25) is 0 Å². The van der Waals surface area contributed by atoms with E-state index in [1.54, 1.807) is 0 Å². The van der Waals surface area contributed by atoms with Gasteiger partial charge in [-0.3, -0.25) is 4.68 Å². The van der Waals surface area contributed by atoms with Gasteiger partial charge < -0.3 is 14.6 Å². The van der Waals surface area contributed by atoms with Crippen LogP contribution in [-0.2, 0) is 21.1 Å². The Kier molecular flexibility index (Phi) is 6.15. The van der Waals surface area contributed by atoms with E-state index in [0.717, 1.165) is 39.8 Å². The molecule has 5 nitrogen and oxygen atoms in total. The Bertz CT molecular complexity index is 2100. The number of anilines is 5. The molecule has 0 N–H and O–H groups in total. The molecule has 0 aliphatic carbocycles. The van der Waals surface area contributed by atoms with E-state index in [4.69, 9.17) is 5.10 Å². The summed E-state index contributed by atoms with van der Waals surface area (Å²) in [6.45, 7) is 6.26. The third kappa shape index (κ3) is 3.80. The van der Waals surface area contributed by atoms with Crippen LogP contribution < -0.4 is 25.5 Å². The van der Waals surface area contributed by atoms with Crippen molar-refractivity contribution < 1.29 is 21.1 Å². The summed E-state index contributed by atoms with van der Waals surface area (Å²) in [5.41, 5.74) is 15.9. The monoisotopic (exact) mass is 747 g/mol. The zero-order chi connectivity index (χ0) is 28.8. The summed E-state index contributed by atoms with van der Waals surface area (Å²) >= 11 is 0. The van der Waals surface area contributed by atoms with Gasteiger partial charge in [-0.25, -0.2) is 0 Å². The molecule has 0 atom stereocenters. The summed E-state index contributed by atoms with van der Waals surface area (Å²) in [4.78, 5) is 6.86. The van der Waals surface area contributed by atoms with E-state index in [9.17, 15) is 0 Å². The minimum absolute atomic E-state index is 0. The number of nitrogens with zero attached hydrogens (tertiary/aromatic N) is 5. The Morgan fingerprint density at radius 2 is 1.23 bits per heavy atom. The normalized spacial score (nSPS) is 13.8. The van der Waals surface area contributed by atoms with E-state index in [1.165, 1.54) is 38.9 Å². The van der Waals surface area contributed by atoms with E-state index in [0.29, 0.717) is 0 Å². The van der Waals surface area contributed by atoms with Crippen molar-refractivity contribution in [3.05, 3.63) is 133 Å². The molecule has 216 valence electrons. The van der Waals surface area contributed by atoms with Gasteiger partial charge in [0, 0.05) is 38.1 Å². The molecule has 0 bridgehead atoms. The molecule has 3 aliphatic rings. The molecular weight excluding hydrogens is 720 g/mol. The first-order valence-electron chi connectivity index (χ1n) is 14.7. The van der Waals surface area contributed by atoms with Crippen LogP contribution in [0.15, 0.2) is 103 Å². The van der Waals surface area contributed by atoms with Crippen LogP contribution in [0.3, 0.4) is 0 Å².